The number of hydrogen-bond acceptors (Lipinski definition) is 6. The zero-order chi connectivity index (χ0) is 27.6. The first-order chi connectivity index (χ1) is 18.4. The molecule has 6 nitrogen and oxygen atoms in total. The van der Waals surface area contributed by atoms with E-state index in [1.807, 2.05) is 0 Å². The zero-order valence-electron chi connectivity index (χ0n) is 23.5. The lowest BCUT2D eigenvalue weighted by Gasteiger charge is -2.14. The number of esters is 2. The van der Waals surface area contributed by atoms with Crippen molar-refractivity contribution >= 4 is 23.4 Å². The standard InChI is InChI=1S/C32H47NO5/c1-3-4-5-6-7-8-9-10-11-12-13-14-15-16-17-18-23-37-31(35)27-21-19-26(20-22-27)30(33)29-28(34)24-25(2)38-32(29)36/h19-22,24H,3-18,23,33H2,1-2H3/b30-29+. The first-order valence-corrected chi connectivity index (χ1v) is 14.7. The van der Waals surface area contributed by atoms with Gasteiger partial charge in [0, 0.05) is 6.08 Å². The molecule has 1 aliphatic rings. The maximum atomic E-state index is 12.3. The quantitative estimate of drug-likeness (QED) is 0.0856. The monoisotopic (exact) mass is 525 g/mol. The number of ether oxygens (including phenoxy) is 2. The molecular formula is C32H47NO5. The number of allylic oxidation sites excluding steroid dienone is 2. The number of ketones is 1. The van der Waals surface area contributed by atoms with Crippen LogP contribution in [0.4, 0.5) is 0 Å². The predicted molar refractivity (Wildman–Crippen MR) is 152 cm³/mol. The fraction of sp³-hybridized carbons (Fsp3) is 0.594. The minimum Gasteiger partial charge on any atom is -0.462 e. The van der Waals surface area contributed by atoms with E-state index in [0.717, 1.165) is 12.8 Å². The molecule has 1 aliphatic heterocycles. The first kappa shape index (κ1) is 31.3. The highest BCUT2D eigenvalue weighted by atomic mass is 16.5. The van der Waals surface area contributed by atoms with E-state index in [4.69, 9.17) is 15.2 Å². The Labute approximate surface area is 229 Å². The molecule has 0 saturated carbocycles. The van der Waals surface area contributed by atoms with Crippen LogP contribution in [0, 0.1) is 0 Å². The van der Waals surface area contributed by atoms with E-state index >= 15 is 0 Å². The molecule has 38 heavy (non-hydrogen) atoms. The van der Waals surface area contributed by atoms with E-state index in [2.05, 4.69) is 6.92 Å². The van der Waals surface area contributed by atoms with Gasteiger partial charge in [-0.05, 0) is 31.0 Å². The van der Waals surface area contributed by atoms with E-state index in [-0.39, 0.29) is 17.0 Å². The van der Waals surface area contributed by atoms with Crippen molar-refractivity contribution in [2.45, 2.75) is 117 Å². The van der Waals surface area contributed by atoms with Crippen molar-refractivity contribution in [2.75, 3.05) is 6.61 Å². The Bertz CT molecular complexity index is 945. The highest BCUT2D eigenvalue weighted by Crippen LogP contribution is 2.22. The molecule has 0 atom stereocenters. The van der Waals surface area contributed by atoms with Gasteiger partial charge in [0.25, 0.3) is 0 Å². The average molecular weight is 526 g/mol. The third-order valence-electron chi connectivity index (χ3n) is 6.97. The number of carbonyl (C=O) groups is 3. The second kappa shape index (κ2) is 18.4. The van der Waals surface area contributed by atoms with Crippen molar-refractivity contribution in [3.63, 3.8) is 0 Å². The number of hydrogen-bond donors (Lipinski definition) is 1. The van der Waals surface area contributed by atoms with Crippen molar-refractivity contribution in [3.8, 4) is 0 Å². The highest BCUT2D eigenvalue weighted by molar-refractivity contribution is 6.27. The summed E-state index contributed by atoms with van der Waals surface area (Å²) in [5.74, 6) is -1.41. The summed E-state index contributed by atoms with van der Waals surface area (Å²) < 4.78 is 10.4. The maximum Gasteiger partial charge on any atom is 0.349 e. The Morgan fingerprint density at radius 2 is 1.18 bits per heavy atom. The molecule has 1 aromatic rings. The molecule has 0 radical (unpaired) electrons. The first-order valence-electron chi connectivity index (χ1n) is 14.7. The molecule has 0 amide bonds. The van der Waals surface area contributed by atoms with Crippen LogP contribution in [0.25, 0.3) is 5.70 Å². The third-order valence-corrected chi connectivity index (χ3v) is 6.97. The fourth-order valence-corrected chi connectivity index (χ4v) is 4.66. The van der Waals surface area contributed by atoms with Gasteiger partial charge >= 0.3 is 11.9 Å². The topological polar surface area (TPSA) is 95.7 Å². The normalized spacial score (nSPS) is 14.7. The van der Waals surface area contributed by atoms with Crippen LogP contribution in [0.1, 0.15) is 133 Å². The Kier molecular flexibility index (Phi) is 15.1. The molecule has 0 unspecified atom stereocenters. The average Bonchev–Trinajstić information content (AvgIpc) is 2.89. The molecule has 2 rings (SSSR count). The summed E-state index contributed by atoms with van der Waals surface area (Å²) in [6.45, 7) is 4.20. The molecule has 0 aromatic heterocycles. The summed E-state index contributed by atoms with van der Waals surface area (Å²) in [4.78, 5) is 36.5. The maximum absolute atomic E-state index is 12.3. The van der Waals surface area contributed by atoms with E-state index < -0.39 is 17.7 Å². The van der Waals surface area contributed by atoms with Gasteiger partial charge < -0.3 is 15.2 Å². The Hall–Kier alpha value is -2.89. The van der Waals surface area contributed by atoms with Crippen molar-refractivity contribution in [1.82, 2.24) is 0 Å². The fourth-order valence-electron chi connectivity index (χ4n) is 4.66. The van der Waals surface area contributed by atoms with Crippen LogP contribution in [0.3, 0.4) is 0 Å². The molecule has 1 aromatic carbocycles. The summed E-state index contributed by atoms with van der Waals surface area (Å²) >= 11 is 0. The van der Waals surface area contributed by atoms with E-state index in [1.54, 1.807) is 24.3 Å². The molecule has 0 spiro atoms. The summed E-state index contributed by atoms with van der Waals surface area (Å²) in [6, 6.07) is 6.36. The van der Waals surface area contributed by atoms with Crippen LogP contribution in [0.5, 0.6) is 0 Å². The lowest BCUT2D eigenvalue weighted by Crippen LogP contribution is -2.23. The molecule has 1 heterocycles. The van der Waals surface area contributed by atoms with Crippen LogP contribution >= 0.6 is 0 Å². The largest absolute Gasteiger partial charge is 0.462 e. The summed E-state index contributed by atoms with van der Waals surface area (Å²) in [6.07, 6.45) is 22.1. The summed E-state index contributed by atoms with van der Waals surface area (Å²) in [7, 11) is 0. The number of carbonyl (C=O) groups excluding carboxylic acids is 3. The van der Waals surface area contributed by atoms with Crippen molar-refractivity contribution in [2.24, 2.45) is 5.73 Å². The lowest BCUT2D eigenvalue weighted by atomic mass is 10.0. The van der Waals surface area contributed by atoms with Gasteiger partial charge in [-0.15, -0.1) is 0 Å². The van der Waals surface area contributed by atoms with Crippen molar-refractivity contribution < 1.29 is 23.9 Å². The highest BCUT2D eigenvalue weighted by Gasteiger charge is 2.27. The van der Waals surface area contributed by atoms with Gasteiger partial charge in [0.05, 0.1) is 17.9 Å². The Balaban J connectivity index is 1.52. The van der Waals surface area contributed by atoms with Gasteiger partial charge in [-0.25, -0.2) is 9.59 Å². The second-order valence-electron chi connectivity index (χ2n) is 10.3. The number of cyclic esters (lactones) is 1. The van der Waals surface area contributed by atoms with Gasteiger partial charge in [0.2, 0.25) is 0 Å². The predicted octanol–water partition coefficient (Wildman–Crippen LogP) is 7.80. The van der Waals surface area contributed by atoms with Gasteiger partial charge in [0.15, 0.2) is 5.78 Å². The van der Waals surface area contributed by atoms with Gasteiger partial charge in [-0.2, -0.15) is 0 Å². The minimum atomic E-state index is -0.769. The van der Waals surface area contributed by atoms with Gasteiger partial charge in [0.1, 0.15) is 11.3 Å². The van der Waals surface area contributed by atoms with E-state index in [0.29, 0.717) is 17.7 Å². The van der Waals surface area contributed by atoms with E-state index in [1.165, 1.54) is 103 Å². The van der Waals surface area contributed by atoms with Crippen LogP contribution in [-0.2, 0) is 19.1 Å². The molecule has 6 heteroatoms. The third kappa shape index (κ3) is 11.7. The molecule has 0 fully saturated rings. The Morgan fingerprint density at radius 3 is 1.66 bits per heavy atom. The van der Waals surface area contributed by atoms with Crippen LogP contribution < -0.4 is 5.73 Å². The number of nitrogens with two attached hydrogens (primary N) is 1. The molecule has 2 N–H and O–H groups in total. The van der Waals surface area contributed by atoms with Crippen LogP contribution in [0.15, 0.2) is 41.7 Å². The van der Waals surface area contributed by atoms with Crippen molar-refractivity contribution in [3.05, 3.63) is 52.8 Å². The second-order valence-corrected chi connectivity index (χ2v) is 10.3. The summed E-state index contributed by atoms with van der Waals surface area (Å²) in [5, 5.41) is 0. The molecule has 0 aliphatic carbocycles. The molecule has 0 saturated heterocycles. The lowest BCUT2D eigenvalue weighted by molar-refractivity contribution is -0.137. The van der Waals surface area contributed by atoms with E-state index in [9.17, 15) is 14.4 Å². The number of benzene rings is 1. The summed E-state index contributed by atoms with van der Waals surface area (Å²) in [5.41, 5.74) is 6.73. The molecular weight excluding hydrogens is 478 g/mol. The minimum absolute atomic E-state index is 0.0248. The van der Waals surface area contributed by atoms with Crippen molar-refractivity contribution in [1.29, 1.82) is 0 Å². The molecule has 210 valence electrons. The SMILES string of the molecule is CCCCCCCCCCCCCCCCCCOC(=O)c1ccc(/C(N)=C2/C(=O)C=C(C)OC2=O)cc1. The smallest absolute Gasteiger partial charge is 0.349 e. The zero-order valence-corrected chi connectivity index (χ0v) is 23.5. The van der Waals surface area contributed by atoms with Gasteiger partial charge in [-0.3, -0.25) is 4.79 Å². The Morgan fingerprint density at radius 1 is 0.737 bits per heavy atom. The van der Waals surface area contributed by atoms with Gasteiger partial charge in [-0.1, -0.05) is 115 Å². The van der Waals surface area contributed by atoms with Crippen LogP contribution in [-0.4, -0.2) is 24.3 Å². The number of unbranched alkanes of at least 4 members (excludes halogenated alkanes) is 15. The molecule has 0 bridgehead atoms. The number of rotatable bonds is 19. The van der Waals surface area contributed by atoms with Crippen LogP contribution in [0.2, 0.25) is 0 Å².